The quantitative estimate of drug-likeness (QED) is 0.775. The van der Waals surface area contributed by atoms with Crippen LogP contribution in [0.5, 0.6) is 0 Å². The van der Waals surface area contributed by atoms with Gasteiger partial charge in [0.1, 0.15) is 11.9 Å². The monoisotopic (exact) mass is 345 g/mol. The van der Waals surface area contributed by atoms with E-state index in [1.807, 2.05) is 0 Å². The molecule has 1 heterocycles. The Balaban J connectivity index is 1.71. The Morgan fingerprint density at radius 2 is 1.83 bits per heavy atom. The van der Waals surface area contributed by atoms with E-state index in [1.165, 1.54) is 24.3 Å². The Bertz CT molecular complexity index is 847. The lowest BCUT2D eigenvalue weighted by molar-refractivity contribution is 0.0932. The second kappa shape index (κ2) is 6.80. The van der Waals surface area contributed by atoms with Gasteiger partial charge in [-0.1, -0.05) is 16.8 Å². The normalized spacial score (nSPS) is 12.0. The summed E-state index contributed by atoms with van der Waals surface area (Å²) in [6.45, 7) is 1.72. The summed E-state index contributed by atoms with van der Waals surface area (Å²) in [4.78, 5) is 16.4. The molecule has 2 aromatic carbocycles. The third kappa shape index (κ3) is 3.60. The first kappa shape index (κ1) is 16.1. The average molecular weight is 346 g/mol. The topological polar surface area (TPSA) is 68.0 Å². The molecule has 1 atom stereocenters. The number of nitrogens with zero attached hydrogens (tertiary/aromatic N) is 2. The molecule has 0 aliphatic rings. The Hall–Kier alpha value is -2.73. The minimum absolute atomic E-state index is 0.274. The SMILES string of the molecule is C[C@H](NC(=O)c1ccc(F)cc1)c1nc(-c2ccc(Cl)cc2)no1. The maximum atomic E-state index is 12.9. The number of carbonyl (C=O) groups excluding carboxylic acids is 1. The van der Waals surface area contributed by atoms with Crippen molar-refractivity contribution in [2.24, 2.45) is 0 Å². The molecule has 0 radical (unpaired) electrons. The van der Waals surface area contributed by atoms with Gasteiger partial charge in [0.05, 0.1) is 0 Å². The number of carbonyl (C=O) groups is 1. The molecule has 0 aliphatic heterocycles. The Morgan fingerprint density at radius 3 is 2.50 bits per heavy atom. The summed E-state index contributed by atoms with van der Waals surface area (Å²) in [5, 5.41) is 7.24. The lowest BCUT2D eigenvalue weighted by Crippen LogP contribution is -2.26. The third-order valence-electron chi connectivity index (χ3n) is 3.37. The molecule has 0 fully saturated rings. The minimum Gasteiger partial charge on any atom is -0.341 e. The van der Waals surface area contributed by atoms with E-state index in [9.17, 15) is 9.18 Å². The molecule has 5 nitrogen and oxygen atoms in total. The summed E-state index contributed by atoms with van der Waals surface area (Å²) in [6.07, 6.45) is 0. The molecule has 0 bridgehead atoms. The van der Waals surface area contributed by atoms with E-state index < -0.39 is 11.9 Å². The second-order valence-corrected chi connectivity index (χ2v) is 5.60. The fraction of sp³-hybridized carbons (Fsp3) is 0.118. The Kier molecular flexibility index (Phi) is 4.57. The van der Waals surface area contributed by atoms with Gasteiger partial charge in [0, 0.05) is 16.1 Å². The molecule has 0 spiro atoms. The van der Waals surface area contributed by atoms with Crippen LogP contribution < -0.4 is 5.32 Å². The van der Waals surface area contributed by atoms with Crippen molar-refractivity contribution in [3.8, 4) is 11.4 Å². The van der Waals surface area contributed by atoms with E-state index in [2.05, 4.69) is 15.5 Å². The van der Waals surface area contributed by atoms with Crippen molar-refractivity contribution in [2.45, 2.75) is 13.0 Å². The molecule has 1 N–H and O–H groups in total. The van der Waals surface area contributed by atoms with Crippen LogP contribution in [0.15, 0.2) is 53.1 Å². The maximum Gasteiger partial charge on any atom is 0.251 e. The number of halogens is 2. The van der Waals surface area contributed by atoms with E-state index in [0.29, 0.717) is 16.4 Å². The highest BCUT2D eigenvalue weighted by Gasteiger charge is 2.18. The van der Waals surface area contributed by atoms with Crippen molar-refractivity contribution in [3.63, 3.8) is 0 Å². The number of nitrogens with one attached hydrogen (secondary N) is 1. The number of rotatable bonds is 4. The first-order valence-corrected chi connectivity index (χ1v) is 7.57. The molecule has 122 valence electrons. The van der Waals surface area contributed by atoms with Crippen LogP contribution in [-0.4, -0.2) is 16.0 Å². The minimum atomic E-state index is -0.490. The summed E-state index contributed by atoms with van der Waals surface area (Å²) in [7, 11) is 0. The van der Waals surface area contributed by atoms with E-state index in [0.717, 1.165) is 5.56 Å². The average Bonchev–Trinajstić information content (AvgIpc) is 3.06. The number of hydrogen-bond donors (Lipinski definition) is 1. The van der Waals surface area contributed by atoms with Crippen LogP contribution in [0.1, 0.15) is 29.2 Å². The van der Waals surface area contributed by atoms with Gasteiger partial charge in [-0.2, -0.15) is 4.98 Å². The molecular formula is C17H13ClFN3O2. The zero-order chi connectivity index (χ0) is 17.1. The second-order valence-electron chi connectivity index (χ2n) is 5.17. The van der Waals surface area contributed by atoms with Crippen molar-refractivity contribution in [1.82, 2.24) is 15.5 Å². The molecule has 0 saturated heterocycles. The lowest BCUT2D eigenvalue weighted by Gasteiger charge is -2.09. The van der Waals surface area contributed by atoms with E-state index in [-0.39, 0.29) is 11.8 Å². The number of hydrogen-bond acceptors (Lipinski definition) is 4. The van der Waals surface area contributed by atoms with E-state index in [4.69, 9.17) is 16.1 Å². The highest BCUT2D eigenvalue weighted by Crippen LogP contribution is 2.20. The van der Waals surface area contributed by atoms with Crippen molar-refractivity contribution in [2.75, 3.05) is 0 Å². The van der Waals surface area contributed by atoms with Gasteiger partial charge < -0.3 is 9.84 Å². The summed E-state index contributed by atoms with van der Waals surface area (Å²) in [5.41, 5.74) is 1.10. The van der Waals surface area contributed by atoms with Crippen molar-refractivity contribution in [3.05, 3.63) is 70.8 Å². The van der Waals surface area contributed by atoms with Crippen LogP contribution >= 0.6 is 11.6 Å². The van der Waals surface area contributed by atoms with Crippen LogP contribution in [0.2, 0.25) is 5.02 Å². The number of aromatic nitrogens is 2. The van der Waals surface area contributed by atoms with Gasteiger partial charge in [0.15, 0.2) is 0 Å². The highest BCUT2D eigenvalue weighted by molar-refractivity contribution is 6.30. The van der Waals surface area contributed by atoms with Gasteiger partial charge >= 0.3 is 0 Å². The first-order valence-electron chi connectivity index (χ1n) is 7.19. The van der Waals surface area contributed by atoms with Gasteiger partial charge in [-0.3, -0.25) is 4.79 Å². The molecule has 0 aliphatic carbocycles. The van der Waals surface area contributed by atoms with Crippen LogP contribution in [0, 0.1) is 5.82 Å². The predicted molar refractivity (Wildman–Crippen MR) is 87.0 cm³/mol. The first-order chi connectivity index (χ1) is 11.5. The van der Waals surface area contributed by atoms with Crippen molar-refractivity contribution < 1.29 is 13.7 Å². The Labute approximate surface area is 142 Å². The van der Waals surface area contributed by atoms with E-state index >= 15 is 0 Å². The maximum absolute atomic E-state index is 12.9. The summed E-state index contributed by atoms with van der Waals surface area (Å²) in [6, 6.07) is 11.8. The van der Waals surface area contributed by atoms with Crippen LogP contribution in [-0.2, 0) is 0 Å². The molecule has 3 aromatic rings. The molecule has 1 aromatic heterocycles. The van der Waals surface area contributed by atoms with Crippen LogP contribution in [0.25, 0.3) is 11.4 Å². The molecule has 3 rings (SSSR count). The van der Waals surface area contributed by atoms with Gasteiger partial charge in [-0.05, 0) is 55.5 Å². The molecule has 7 heteroatoms. The van der Waals surface area contributed by atoms with E-state index in [1.54, 1.807) is 31.2 Å². The molecule has 0 unspecified atom stereocenters. The molecular weight excluding hydrogens is 333 g/mol. The Morgan fingerprint density at radius 1 is 1.17 bits per heavy atom. The number of amides is 1. The third-order valence-corrected chi connectivity index (χ3v) is 3.62. The zero-order valence-corrected chi connectivity index (χ0v) is 13.4. The van der Waals surface area contributed by atoms with Crippen molar-refractivity contribution >= 4 is 17.5 Å². The highest BCUT2D eigenvalue weighted by atomic mass is 35.5. The summed E-state index contributed by atoms with van der Waals surface area (Å²) >= 11 is 5.84. The summed E-state index contributed by atoms with van der Waals surface area (Å²) < 4.78 is 18.1. The fourth-order valence-corrected chi connectivity index (χ4v) is 2.20. The van der Waals surface area contributed by atoms with Crippen molar-refractivity contribution in [1.29, 1.82) is 0 Å². The smallest absolute Gasteiger partial charge is 0.251 e. The largest absolute Gasteiger partial charge is 0.341 e. The lowest BCUT2D eigenvalue weighted by atomic mass is 10.2. The van der Waals surface area contributed by atoms with Gasteiger partial charge in [-0.15, -0.1) is 0 Å². The zero-order valence-electron chi connectivity index (χ0n) is 12.7. The van der Waals surface area contributed by atoms with Gasteiger partial charge in [0.2, 0.25) is 11.7 Å². The molecule has 1 amide bonds. The molecule has 0 saturated carbocycles. The molecule has 24 heavy (non-hydrogen) atoms. The fourth-order valence-electron chi connectivity index (χ4n) is 2.07. The predicted octanol–water partition coefficient (Wildman–Crippen LogP) is 4.02. The van der Waals surface area contributed by atoms with Crippen LogP contribution in [0.4, 0.5) is 4.39 Å². The standard InChI is InChI=1S/C17H13ClFN3O2/c1-10(20-16(23)12-4-8-14(19)9-5-12)17-21-15(22-24-17)11-2-6-13(18)7-3-11/h2-10H,1H3,(H,20,23)/t10-/m0/s1. The van der Waals surface area contributed by atoms with Gasteiger partial charge in [0.25, 0.3) is 5.91 Å². The van der Waals surface area contributed by atoms with Gasteiger partial charge in [-0.25, -0.2) is 4.39 Å². The number of benzene rings is 2. The summed E-state index contributed by atoms with van der Waals surface area (Å²) in [5.74, 6) is -0.0715. The van der Waals surface area contributed by atoms with Crippen LogP contribution in [0.3, 0.4) is 0 Å².